The van der Waals surface area contributed by atoms with Gasteiger partial charge in [0.1, 0.15) is 24.7 Å². The number of benzene rings is 3. The molecular weight excluding hydrogens is 385 g/mol. The van der Waals surface area contributed by atoms with E-state index in [1.807, 2.05) is 30.3 Å². The Morgan fingerprint density at radius 3 is 2.33 bits per heavy atom. The summed E-state index contributed by atoms with van der Waals surface area (Å²) in [5.41, 5.74) is 0.838. The topological polar surface area (TPSA) is 47.6 Å². The van der Waals surface area contributed by atoms with E-state index in [1.54, 1.807) is 42.5 Å². The minimum absolute atomic E-state index is 0.294. The maximum absolute atomic E-state index is 12.6. The van der Waals surface area contributed by atoms with Crippen molar-refractivity contribution >= 4 is 34.8 Å². The fraction of sp³-hybridized carbons (Fsp3) is 0.0952. The van der Waals surface area contributed by atoms with Crippen molar-refractivity contribution in [3.63, 3.8) is 0 Å². The van der Waals surface area contributed by atoms with E-state index in [0.29, 0.717) is 40.3 Å². The Hall–Kier alpha value is -2.69. The lowest BCUT2D eigenvalue weighted by Crippen LogP contribution is -2.16. The van der Waals surface area contributed by atoms with Crippen molar-refractivity contribution in [1.82, 2.24) is 0 Å². The highest BCUT2D eigenvalue weighted by Crippen LogP contribution is 2.30. The summed E-state index contributed by atoms with van der Waals surface area (Å²) in [6.07, 6.45) is 0. The summed E-state index contributed by atoms with van der Waals surface area (Å²) in [6.45, 7) is 0.664. The van der Waals surface area contributed by atoms with Gasteiger partial charge < -0.3 is 14.8 Å². The van der Waals surface area contributed by atoms with E-state index < -0.39 is 0 Å². The largest absolute Gasteiger partial charge is 0.490 e. The van der Waals surface area contributed by atoms with Crippen LogP contribution in [-0.4, -0.2) is 19.1 Å². The van der Waals surface area contributed by atoms with Crippen molar-refractivity contribution in [2.75, 3.05) is 18.5 Å². The number of nitrogens with one attached hydrogen (secondary N) is 1. The Balaban J connectivity index is 1.63. The molecule has 0 bridgehead atoms. The summed E-state index contributed by atoms with van der Waals surface area (Å²) < 4.78 is 11.3. The number of carbonyl (C=O) groups is 1. The summed E-state index contributed by atoms with van der Waals surface area (Å²) in [6, 6.07) is 21.5. The number of amides is 1. The first-order valence-electron chi connectivity index (χ1n) is 8.30. The minimum atomic E-state index is -0.334. The summed E-state index contributed by atoms with van der Waals surface area (Å²) in [5, 5.41) is 3.42. The number of ether oxygens (including phenoxy) is 2. The van der Waals surface area contributed by atoms with Gasteiger partial charge in [-0.3, -0.25) is 4.79 Å². The quantitative estimate of drug-likeness (QED) is 0.516. The average molecular weight is 402 g/mol. The van der Waals surface area contributed by atoms with Gasteiger partial charge in [0.25, 0.3) is 5.91 Å². The normalized spacial score (nSPS) is 10.3. The molecule has 3 aromatic rings. The fourth-order valence-corrected chi connectivity index (χ4v) is 2.75. The predicted molar refractivity (Wildman–Crippen MR) is 108 cm³/mol. The summed E-state index contributed by atoms with van der Waals surface area (Å²) in [7, 11) is 0. The molecule has 0 fully saturated rings. The van der Waals surface area contributed by atoms with Gasteiger partial charge in [-0.05, 0) is 36.4 Å². The first-order chi connectivity index (χ1) is 13.1. The van der Waals surface area contributed by atoms with Crippen LogP contribution in [0.2, 0.25) is 10.0 Å². The highest BCUT2D eigenvalue weighted by molar-refractivity contribution is 6.44. The molecule has 0 radical (unpaired) electrons. The number of hydrogen-bond donors (Lipinski definition) is 1. The van der Waals surface area contributed by atoms with E-state index in [-0.39, 0.29) is 5.91 Å². The molecule has 1 amide bonds. The molecule has 1 N–H and O–H groups in total. The van der Waals surface area contributed by atoms with Crippen LogP contribution in [0.3, 0.4) is 0 Å². The molecule has 138 valence electrons. The first-order valence-corrected chi connectivity index (χ1v) is 9.06. The molecule has 3 rings (SSSR count). The zero-order valence-corrected chi connectivity index (χ0v) is 15.8. The lowest BCUT2D eigenvalue weighted by molar-refractivity contribution is 0.102. The van der Waals surface area contributed by atoms with Gasteiger partial charge in [-0.1, -0.05) is 59.6 Å². The Labute approximate surface area is 167 Å². The van der Waals surface area contributed by atoms with Gasteiger partial charge in [0.15, 0.2) is 0 Å². The van der Waals surface area contributed by atoms with E-state index in [0.717, 1.165) is 5.75 Å². The molecule has 27 heavy (non-hydrogen) atoms. The molecule has 0 unspecified atom stereocenters. The molecule has 0 saturated heterocycles. The molecule has 0 aliphatic heterocycles. The standard InChI is InChI=1S/C21H17Cl2NO3/c22-17-10-6-11-18(20(17)23)24-21(25)16-9-4-5-12-19(16)27-14-13-26-15-7-2-1-3-8-15/h1-12H,13-14H2,(H,24,25). The van der Waals surface area contributed by atoms with Crippen LogP contribution in [0.15, 0.2) is 72.8 Å². The van der Waals surface area contributed by atoms with Gasteiger partial charge in [-0.15, -0.1) is 0 Å². The molecule has 3 aromatic carbocycles. The fourth-order valence-electron chi connectivity index (χ4n) is 2.40. The van der Waals surface area contributed by atoms with Gasteiger partial charge >= 0.3 is 0 Å². The van der Waals surface area contributed by atoms with E-state index in [4.69, 9.17) is 32.7 Å². The van der Waals surface area contributed by atoms with Crippen LogP contribution in [0, 0.1) is 0 Å². The number of halogens is 2. The average Bonchev–Trinajstić information content (AvgIpc) is 2.70. The van der Waals surface area contributed by atoms with E-state index in [9.17, 15) is 4.79 Å². The van der Waals surface area contributed by atoms with Crippen molar-refractivity contribution in [3.05, 3.63) is 88.4 Å². The van der Waals surface area contributed by atoms with Gasteiger partial charge in [0, 0.05) is 0 Å². The molecule has 0 heterocycles. The van der Waals surface area contributed by atoms with E-state index in [2.05, 4.69) is 5.32 Å². The smallest absolute Gasteiger partial charge is 0.259 e. The van der Waals surface area contributed by atoms with Crippen LogP contribution < -0.4 is 14.8 Å². The van der Waals surface area contributed by atoms with Crippen molar-refractivity contribution < 1.29 is 14.3 Å². The molecule has 0 atom stereocenters. The van der Waals surface area contributed by atoms with Crippen molar-refractivity contribution in [2.24, 2.45) is 0 Å². The maximum Gasteiger partial charge on any atom is 0.259 e. The van der Waals surface area contributed by atoms with Crippen LogP contribution in [0.4, 0.5) is 5.69 Å². The highest BCUT2D eigenvalue weighted by atomic mass is 35.5. The zero-order valence-electron chi connectivity index (χ0n) is 14.3. The Kier molecular flexibility index (Phi) is 6.58. The van der Waals surface area contributed by atoms with Crippen LogP contribution in [0.5, 0.6) is 11.5 Å². The second-order valence-electron chi connectivity index (χ2n) is 5.56. The third-order valence-electron chi connectivity index (χ3n) is 3.68. The zero-order chi connectivity index (χ0) is 19.1. The van der Waals surface area contributed by atoms with Crippen molar-refractivity contribution in [2.45, 2.75) is 0 Å². The monoisotopic (exact) mass is 401 g/mol. The second-order valence-corrected chi connectivity index (χ2v) is 6.35. The summed E-state index contributed by atoms with van der Waals surface area (Å²) >= 11 is 12.1. The third-order valence-corrected chi connectivity index (χ3v) is 4.50. The summed E-state index contributed by atoms with van der Waals surface area (Å²) in [5.74, 6) is 0.895. The Morgan fingerprint density at radius 1 is 0.815 bits per heavy atom. The predicted octanol–water partition coefficient (Wildman–Crippen LogP) is 5.70. The maximum atomic E-state index is 12.6. The first kappa shape index (κ1) is 19.1. The third kappa shape index (κ3) is 5.16. The molecule has 4 nitrogen and oxygen atoms in total. The SMILES string of the molecule is O=C(Nc1cccc(Cl)c1Cl)c1ccccc1OCCOc1ccccc1. The van der Waals surface area contributed by atoms with Gasteiger partial charge in [-0.2, -0.15) is 0 Å². The van der Waals surface area contributed by atoms with Crippen LogP contribution in [-0.2, 0) is 0 Å². The number of carbonyl (C=O) groups excluding carboxylic acids is 1. The summed E-state index contributed by atoms with van der Waals surface area (Å²) in [4.78, 5) is 12.6. The van der Waals surface area contributed by atoms with Gasteiger partial charge in [0.05, 0.1) is 21.3 Å². The Morgan fingerprint density at radius 2 is 1.52 bits per heavy atom. The molecule has 6 heteroatoms. The van der Waals surface area contributed by atoms with Crippen LogP contribution >= 0.6 is 23.2 Å². The molecule has 0 saturated carbocycles. The lowest BCUT2D eigenvalue weighted by atomic mass is 10.2. The second kappa shape index (κ2) is 9.31. The van der Waals surface area contributed by atoms with E-state index >= 15 is 0 Å². The van der Waals surface area contributed by atoms with Crippen LogP contribution in [0.25, 0.3) is 0 Å². The number of hydrogen-bond acceptors (Lipinski definition) is 3. The highest BCUT2D eigenvalue weighted by Gasteiger charge is 2.14. The number of rotatable bonds is 7. The molecule has 0 spiro atoms. The Bertz CT molecular complexity index is 916. The number of anilines is 1. The van der Waals surface area contributed by atoms with Gasteiger partial charge in [0.2, 0.25) is 0 Å². The van der Waals surface area contributed by atoms with Crippen molar-refractivity contribution in [1.29, 1.82) is 0 Å². The molecule has 0 aliphatic rings. The molecule has 0 aliphatic carbocycles. The molecule has 0 aromatic heterocycles. The molecular formula is C21H17Cl2NO3. The lowest BCUT2D eigenvalue weighted by Gasteiger charge is -2.13. The van der Waals surface area contributed by atoms with Crippen molar-refractivity contribution in [3.8, 4) is 11.5 Å². The van der Waals surface area contributed by atoms with E-state index in [1.165, 1.54) is 0 Å². The number of para-hydroxylation sites is 2. The van der Waals surface area contributed by atoms with Gasteiger partial charge in [-0.25, -0.2) is 0 Å². The minimum Gasteiger partial charge on any atom is -0.490 e. The van der Waals surface area contributed by atoms with Crippen LogP contribution in [0.1, 0.15) is 10.4 Å².